The molecule has 1 saturated heterocycles. The molecule has 0 saturated carbocycles. The van der Waals surface area contributed by atoms with Gasteiger partial charge in [0.25, 0.3) is 0 Å². The number of hydrogen-bond acceptors (Lipinski definition) is 5. The Morgan fingerprint density at radius 2 is 2.00 bits per heavy atom. The lowest BCUT2D eigenvalue weighted by molar-refractivity contribution is 0.115. The average Bonchev–Trinajstić information content (AvgIpc) is 2.93. The van der Waals surface area contributed by atoms with Crippen LogP contribution < -0.4 is 0 Å². The van der Waals surface area contributed by atoms with Gasteiger partial charge in [-0.1, -0.05) is 0 Å². The molecule has 0 aliphatic carbocycles. The Kier molecular flexibility index (Phi) is 3.62. The van der Waals surface area contributed by atoms with Crippen LogP contribution in [0.1, 0.15) is 13.8 Å². The molecule has 19 heavy (non-hydrogen) atoms. The number of nitrogens with zero attached hydrogens (tertiary/aromatic N) is 4. The van der Waals surface area contributed by atoms with Gasteiger partial charge in [0, 0.05) is 32.4 Å². The smallest absolute Gasteiger partial charge is 0.246 e. The third-order valence-electron chi connectivity index (χ3n) is 3.41. The van der Waals surface area contributed by atoms with E-state index in [-0.39, 0.29) is 4.90 Å². The lowest BCUT2D eigenvalue weighted by Crippen LogP contribution is -2.55. The van der Waals surface area contributed by atoms with Crippen LogP contribution in [0.4, 0.5) is 0 Å². The molecule has 1 aromatic rings. The van der Waals surface area contributed by atoms with Gasteiger partial charge < -0.3 is 0 Å². The molecule has 0 spiro atoms. The molecule has 1 aromatic heterocycles. The first-order valence-corrected chi connectivity index (χ1v) is 7.47. The lowest BCUT2D eigenvalue weighted by atomic mass is 10.0. The lowest BCUT2D eigenvalue weighted by Gasteiger charge is -2.39. The molecule has 0 atom stereocenters. The topological polar surface area (TPSA) is 93.1 Å². The third-order valence-corrected chi connectivity index (χ3v) is 5.28. The van der Waals surface area contributed by atoms with Gasteiger partial charge in [0.05, 0.1) is 12.3 Å². The maximum atomic E-state index is 12.3. The van der Waals surface area contributed by atoms with E-state index in [0.29, 0.717) is 26.2 Å². The van der Waals surface area contributed by atoms with Crippen LogP contribution in [0.15, 0.2) is 17.3 Å². The Morgan fingerprint density at radius 1 is 1.37 bits per heavy atom. The summed E-state index contributed by atoms with van der Waals surface area (Å²) in [5.41, 5.74) is -0.564. The molecule has 1 N–H and O–H groups in total. The Morgan fingerprint density at radius 3 is 2.47 bits per heavy atom. The van der Waals surface area contributed by atoms with Crippen molar-refractivity contribution in [2.24, 2.45) is 0 Å². The predicted molar refractivity (Wildman–Crippen MR) is 68.6 cm³/mol. The predicted octanol–water partition coefficient (Wildman–Crippen LogP) is 0.0182. The van der Waals surface area contributed by atoms with Gasteiger partial charge in [-0.15, -0.1) is 0 Å². The summed E-state index contributed by atoms with van der Waals surface area (Å²) < 4.78 is 25.9. The number of aromatic nitrogens is 2. The van der Waals surface area contributed by atoms with Gasteiger partial charge in [-0.05, 0) is 13.8 Å². The van der Waals surface area contributed by atoms with Crippen molar-refractivity contribution in [3.63, 3.8) is 0 Å². The van der Waals surface area contributed by atoms with Crippen LogP contribution in [0.5, 0.6) is 0 Å². The van der Waals surface area contributed by atoms with Crippen LogP contribution in [0.25, 0.3) is 0 Å². The summed E-state index contributed by atoms with van der Waals surface area (Å²) in [6.45, 7) is 5.56. The molecule has 104 valence electrons. The van der Waals surface area contributed by atoms with Crippen molar-refractivity contribution in [1.29, 1.82) is 5.26 Å². The largest absolute Gasteiger partial charge is 0.284 e. The molecule has 1 aliphatic heterocycles. The molecule has 0 aromatic carbocycles. The van der Waals surface area contributed by atoms with Crippen molar-refractivity contribution in [3.05, 3.63) is 12.4 Å². The van der Waals surface area contributed by atoms with E-state index in [0.717, 1.165) is 0 Å². The normalized spacial score (nSPS) is 19.2. The average molecular weight is 283 g/mol. The van der Waals surface area contributed by atoms with E-state index >= 15 is 0 Å². The first-order chi connectivity index (χ1) is 8.88. The highest BCUT2D eigenvalue weighted by Crippen LogP contribution is 2.20. The second kappa shape index (κ2) is 4.92. The number of nitriles is 1. The molecule has 0 unspecified atom stereocenters. The standard InChI is InChI=1S/C11H17N5O2S/c1-11(2,9-12)15-3-5-16(6-4-15)19(17,18)10-7-13-14-8-10/h7-8H,3-6H2,1-2H3,(H,13,14). The van der Waals surface area contributed by atoms with Crippen LogP contribution in [0.2, 0.25) is 0 Å². The van der Waals surface area contributed by atoms with Gasteiger partial charge >= 0.3 is 0 Å². The fourth-order valence-corrected chi connectivity index (χ4v) is 3.42. The Bertz CT molecular complexity index is 565. The Balaban J connectivity index is 2.08. The zero-order chi connectivity index (χ0) is 14.1. The third kappa shape index (κ3) is 2.63. The zero-order valence-electron chi connectivity index (χ0n) is 11.0. The number of nitrogens with one attached hydrogen (secondary N) is 1. The number of hydrogen-bond donors (Lipinski definition) is 1. The van der Waals surface area contributed by atoms with Gasteiger partial charge in [-0.2, -0.15) is 14.7 Å². The fourth-order valence-electron chi connectivity index (χ4n) is 2.09. The highest BCUT2D eigenvalue weighted by atomic mass is 32.2. The summed E-state index contributed by atoms with van der Waals surface area (Å²) in [5, 5.41) is 15.3. The quantitative estimate of drug-likeness (QED) is 0.844. The molecule has 0 bridgehead atoms. The first-order valence-electron chi connectivity index (χ1n) is 6.03. The number of aromatic amines is 1. The zero-order valence-corrected chi connectivity index (χ0v) is 11.8. The van der Waals surface area contributed by atoms with Crippen molar-refractivity contribution in [3.8, 4) is 6.07 Å². The van der Waals surface area contributed by atoms with E-state index in [1.807, 2.05) is 18.7 Å². The van der Waals surface area contributed by atoms with Crippen LogP contribution in [-0.4, -0.2) is 59.5 Å². The van der Waals surface area contributed by atoms with E-state index in [1.165, 1.54) is 16.7 Å². The Labute approximate surface area is 112 Å². The van der Waals surface area contributed by atoms with E-state index in [4.69, 9.17) is 5.26 Å². The van der Waals surface area contributed by atoms with E-state index in [9.17, 15) is 8.42 Å². The number of sulfonamides is 1. The van der Waals surface area contributed by atoms with Crippen molar-refractivity contribution in [1.82, 2.24) is 19.4 Å². The molecule has 0 amide bonds. The summed E-state index contributed by atoms with van der Waals surface area (Å²) in [6.07, 6.45) is 2.68. The number of rotatable bonds is 3. The minimum absolute atomic E-state index is 0.181. The van der Waals surface area contributed by atoms with Gasteiger partial charge in [0.15, 0.2) is 0 Å². The fraction of sp³-hybridized carbons (Fsp3) is 0.636. The summed E-state index contributed by atoms with van der Waals surface area (Å²) in [4.78, 5) is 2.18. The molecule has 0 radical (unpaired) electrons. The summed E-state index contributed by atoms with van der Waals surface area (Å²) >= 11 is 0. The van der Waals surface area contributed by atoms with Gasteiger partial charge in [0.1, 0.15) is 10.4 Å². The molecule has 2 rings (SSSR count). The molecule has 1 aliphatic rings. The summed E-state index contributed by atoms with van der Waals surface area (Å²) in [7, 11) is -3.46. The van der Waals surface area contributed by atoms with Crippen molar-refractivity contribution in [2.75, 3.05) is 26.2 Å². The van der Waals surface area contributed by atoms with Crippen molar-refractivity contribution >= 4 is 10.0 Å². The maximum absolute atomic E-state index is 12.3. The Hall–Kier alpha value is -1.43. The van der Waals surface area contributed by atoms with Gasteiger partial charge in [0.2, 0.25) is 10.0 Å². The number of piperazine rings is 1. The van der Waals surface area contributed by atoms with Crippen molar-refractivity contribution in [2.45, 2.75) is 24.3 Å². The maximum Gasteiger partial charge on any atom is 0.246 e. The van der Waals surface area contributed by atoms with E-state index in [2.05, 4.69) is 16.3 Å². The van der Waals surface area contributed by atoms with Crippen LogP contribution in [-0.2, 0) is 10.0 Å². The molecular weight excluding hydrogens is 266 g/mol. The van der Waals surface area contributed by atoms with Crippen LogP contribution in [0.3, 0.4) is 0 Å². The van der Waals surface area contributed by atoms with Crippen LogP contribution in [0, 0.1) is 11.3 Å². The second-order valence-corrected chi connectivity index (χ2v) is 6.93. The molecule has 7 nitrogen and oxygen atoms in total. The van der Waals surface area contributed by atoms with Gasteiger partial charge in [-0.25, -0.2) is 8.42 Å². The number of H-pyrrole nitrogens is 1. The highest BCUT2D eigenvalue weighted by molar-refractivity contribution is 7.89. The minimum atomic E-state index is -3.46. The molecular formula is C11H17N5O2S. The summed E-state index contributed by atoms with van der Waals surface area (Å²) in [5.74, 6) is 0. The summed E-state index contributed by atoms with van der Waals surface area (Å²) in [6, 6.07) is 2.24. The van der Waals surface area contributed by atoms with E-state index in [1.54, 1.807) is 0 Å². The van der Waals surface area contributed by atoms with E-state index < -0.39 is 15.6 Å². The minimum Gasteiger partial charge on any atom is -0.284 e. The van der Waals surface area contributed by atoms with Crippen LogP contribution >= 0.6 is 0 Å². The highest BCUT2D eigenvalue weighted by Gasteiger charge is 2.34. The van der Waals surface area contributed by atoms with Crippen molar-refractivity contribution < 1.29 is 8.42 Å². The monoisotopic (exact) mass is 283 g/mol. The first kappa shape index (κ1) is 14.0. The van der Waals surface area contributed by atoms with Gasteiger partial charge in [-0.3, -0.25) is 10.00 Å². The second-order valence-electron chi connectivity index (χ2n) is 5.00. The molecule has 1 fully saturated rings. The molecule has 8 heteroatoms. The SMILES string of the molecule is CC(C)(C#N)N1CCN(S(=O)(=O)c2cn[nH]c2)CC1. The molecule has 2 heterocycles.